The van der Waals surface area contributed by atoms with Gasteiger partial charge in [-0.25, -0.2) is 0 Å². The summed E-state index contributed by atoms with van der Waals surface area (Å²) in [4.78, 5) is 28.9. The molecule has 1 aliphatic rings. The first kappa shape index (κ1) is 22.5. The number of benzene rings is 2. The van der Waals surface area contributed by atoms with Gasteiger partial charge in [0, 0.05) is 18.1 Å². The molecular formula is C25H26N2O6. The Bertz CT molecular complexity index is 1150. The van der Waals surface area contributed by atoms with Crippen molar-refractivity contribution in [3.63, 3.8) is 0 Å². The van der Waals surface area contributed by atoms with Crippen LogP contribution < -0.4 is 9.47 Å². The number of esters is 1. The fourth-order valence-corrected chi connectivity index (χ4v) is 3.89. The molecule has 0 aliphatic heterocycles. The lowest BCUT2D eigenvalue weighted by Gasteiger charge is -2.16. The van der Waals surface area contributed by atoms with Gasteiger partial charge < -0.3 is 18.7 Å². The Morgan fingerprint density at radius 2 is 1.79 bits per heavy atom. The van der Waals surface area contributed by atoms with Crippen molar-refractivity contribution >= 4 is 11.8 Å². The second-order valence-electron chi connectivity index (χ2n) is 7.85. The maximum Gasteiger partial charge on any atom is 0.306 e. The van der Waals surface area contributed by atoms with Crippen molar-refractivity contribution in [2.75, 3.05) is 14.2 Å². The lowest BCUT2D eigenvalue weighted by Crippen LogP contribution is -2.10. The number of Topliss-reactive ketones (excluding diaryl/α,β-unsaturated/α-hetero) is 1. The van der Waals surface area contributed by atoms with Crippen LogP contribution in [0.4, 0.5) is 0 Å². The summed E-state index contributed by atoms with van der Waals surface area (Å²) in [5.41, 5.74) is 3.84. The molecule has 8 heteroatoms. The van der Waals surface area contributed by atoms with Gasteiger partial charge in [-0.15, -0.1) is 0 Å². The number of carbonyl (C=O) groups excluding carboxylic acids is 2. The summed E-state index contributed by atoms with van der Waals surface area (Å²) >= 11 is 0. The van der Waals surface area contributed by atoms with Crippen molar-refractivity contribution in [2.24, 2.45) is 0 Å². The van der Waals surface area contributed by atoms with E-state index in [9.17, 15) is 9.59 Å². The lowest BCUT2D eigenvalue weighted by molar-refractivity contribution is -0.145. The van der Waals surface area contributed by atoms with E-state index in [1.54, 1.807) is 25.3 Å². The van der Waals surface area contributed by atoms with Gasteiger partial charge in [0.2, 0.25) is 5.82 Å². The van der Waals surface area contributed by atoms with E-state index in [1.807, 2.05) is 18.2 Å². The molecule has 0 atom stereocenters. The van der Waals surface area contributed by atoms with Crippen LogP contribution >= 0.6 is 0 Å². The van der Waals surface area contributed by atoms with Gasteiger partial charge in [-0.1, -0.05) is 17.3 Å². The number of aromatic nitrogens is 2. The number of hydrogen-bond acceptors (Lipinski definition) is 8. The van der Waals surface area contributed by atoms with Crippen LogP contribution in [0, 0.1) is 0 Å². The SMILES string of the molecule is COc1ccc(-c2noc(COC(=O)CCC(=O)c3ccc4c(c3)CCCC4)n2)c(OC)c1. The molecule has 1 heterocycles. The number of hydrogen-bond donors (Lipinski definition) is 0. The smallest absolute Gasteiger partial charge is 0.306 e. The molecule has 0 bridgehead atoms. The van der Waals surface area contributed by atoms with E-state index in [2.05, 4.69) is 10.1 Å². The highest BCUT2D eigenvalue weighted by atomic mass is 16.6. The molecule has 2 aromatic carbocycles. The van der Waals surface area contributed by atoms with E-state index in [0.717, 1.165) is 19.3 Å². The number of rotatable bonds is 9. The third kappa shape index (κ3) is 5.39. The summed E-state index contributed by atoms with van der Waals surface area (Å²) in [6, 6.07) is 11.1. The molecule has 3 aromatic rings. The van der Waals surface area contributed by atoms with Crippen molar-refractivity contribution in [1.82, 2.24) is 10.1 Å². The zero-order valence-corrected chi connectivity index (χ0v) is 18.8. The maximum absolute atomic E-state index is 12.5. The topological polar surface area (TPSA) is 101 Å². The number of aryl methyl sites for hydroxylation is 2. The number of ketones is 1. The highest BCUT2D eigenvalue weighted by Crippen LogP contribution is 2.31. The first-order valence-corrected chi connectivity index (χ1v) is 10.9. The summed E-state index contributed by atoms with van der Waals surface area (Å²) < 4.78 is 20.9. The van der Waals surface area contributed by atoms with Crippen LogP contribution in [0.25, 0.3) is 11.4 Å². The lowest BCUT2D eigenvalue weighted by atomic mass is 9.89. The average molecular weight is 450 g/mol. The molecule has 33 heavy (non-hydrogen) atoms. The molecule has 172 valence electrons. The van der Waals surface area contributed by atoms with E-state index in [-0.39, 0.29) is 31.1 Å². The second kappa shape index (κ2) is 10.3. The van der Waals surface area contributed by atoms with Gasteiger partial charge in [0.05, 0.1) is 26.2 Å². The van der Waals surface area contributed by atoms with E-state index in [1.165, 1.54) is 24.7 Å². The van der Waals surface area contributed by atoms with E-state index < -0.39 is 5.97 Å². The Labute approximate surface area is 191 Å². The second-order valence-corrected chi connectivity index (χ2v) is 7.85. The Hall–Kier alpha value is -3.68. The molecule has 0 radical (unpaired) electrons. The summed E-state index contributed by atoms with van der Waals surface area (Å²) in [5.74, 6) is 1.06. The van der Waals surface area contributed by atoms with Crippen LogP contribution in [0.3, 0.4) is 0 Å². The third-order valence-electron chi connectivity index (χ3n) is 5.70. The fourth-order valence-electron chi connectivity index (χ4n) is 3.89. The van der Waals surface area contributed by atoms with Gasteiger partial charge in [-0.2, -0.15) is 4.98 Å². The van der Waals surface area contributed by atoms with Crippen molar-refractivity contribution < 1.29 is 28.3 Å². The van der Waals surface area contributed by atoms with Gasteiger partial charge in [0.25, 0.3) is 5.89 Å². The van der Waals surface area contributed by atoms with Gasteiger partial charge >= 0.3 is 5.97 Å². The minimum absolute atomic E-state index is 0.0107. The summed E-state index contributed by atoms with van der Waals surface area (Å²) in [5, 5.41) is 3.93. The molecule has 0 fully saturated rings. The standard InChI is InChI=1S/C25H26N2O6/c1-30-19-9-10-20(22(14-19)31-2)25-26-23(33-27-25)15-32-24(29)12-11-21(28)18-8-7-16-5-3-4-6-17(16)13-18/h7-10,13-14H,3-6,11-12,15H2,1-2H3. The van der Waals surface area contributed by atoms with Crippen LogP contribution in [0.5, 0.6) is 11.5 Å². The largest absolute Gasteiger partial charge is 0.497 e. The number of ether oxygens (including phenoxy) is 3. The monoisotopic (exact) mass is 450 g/mol. The van der Waals surface area contributed by atoms with E-state index in [4.69, 9.17) is 18.7 Å². The zero-order chi connectivity index (χ0) is 23.2. The minimum Gasteiger partial charge on any atom is -0.497 e. The number of methoxy groups -OCH3 is 2. The number of nitrogens with zero attached hydrogens (tertiary/aromatic N) is 2. The van der Waals surface area contributed by atoms with Crippen molar-refractivity contribution in [1.29, 1.82) is 0 Å². The predicted octanol–water partition coefficient (Wildman–Crippen LogP) is 4.34. The minimum atomic E-state index is -0.497. The molecule has 4 rings (SSSR count). The van der Waals surface area contributed by atoms with Gasteiger partial charge in [0.15, 0.2) is 12.4 Å². The molecule has 1 aliphatic carbocycles. The molecule has 0 saturated heterocycles. The van der Waals surface area contributed by atoms with Crippen molar-refractivity contribution in [2.45, 2.75) is 45.1 Å². The van der Waals surface area contributed by atoms with Gasteiger partial charge in [0.1, 0.15) is 11.5 Å². The predicted molar refractivity (Wildman–Crippen MR) is 119 cm³/mol. The van der Waals surface area contributed by atoms with Crippen LogP contribution in [0.15, 0.2) is 40.9 Å². The average Bonchev–Trinajstić information content (AvgIpc) is 3.34. The molecule has 0 spiro atoms. The first-order chi connectivity index (χ1) is 16.1. The quantitative estimate of drug-likeness (QED) is 0.351. The van der Waals surface area contributed by atoms with E-state index >= 15 is 0 Å². The van der Waals surface area contributed by atoms with Crippen LogP contribution in [0.2, 0.25) is 0 Å². The van der Waals surface area contributed by atoms with Crippen LogP contribution in [-0.2, 0) is 29.0 Å². The Kier molecular flexibility index (Phi) is 7.02. The summed E-state index contributed by atoms with van der Waals surface area (Å²) in [7, 11) is 3.10. The first-order valence-electron chi connectivity index (χ1n) is 10.9. The van der Waals surface area contributed by atoms with Gasteiger partial charge in [-0.3, -0.25) is 9.59 Å². The Morgan fingerprint density at radius 1 is 0.970 bits per heavy atom. The third-order valence-corrected chi connectivity index (χ3v) is 5.70. The normalized spacial score (nSPS) is 12.7. The summed E-state index contributed by atoms with van der Waals surface area (Å²) in [6.45, 7) is -0.169. The van der Waals surface area contributed by atoms with E-state index in [0.29, 0.717) is 28.5 Å². The molecule has 0 unspecified atom stereocenters. The highest BCUT2D eigenvalue weighted by Gasteiger charge is 2.17. The Morgan fingerprint density at radius 3 is 2.58 bits per heavy atom. The van der Waals surface area contributed by atoms with Crippen LogP contribution in [-0.4, -0.2) is 36.1 Å². The fraction of sp³-hybridized carbons (Fsp3) is 0.360. The molecule has 1 aromatic heterocycles. The van der Waals surface area contributed by atoms with Crippen LogP contribution in [0.1, 0.15) is 53.1 Å². The van der Waals surface area contributed by atoms with Gasteiger partial charge in [-0.05, 0) is 55.0 Å². The molecular weight excluding hydrogens is 424 g/mol. The number of fused-ring (bicyclic) bond motifs is 1. The molecule has 0 amide bonds. The van der Waals surface area contributed by atoms with Crippen molar-refractivity contribution in [3.05, 3.63) is 59.0 Å². The molecule has 0 saturated carbocycles. The Balaban J connectivity index is 1.29. The molecule has 8 nitrogen and oxygen atoms in total. The van der Waals surface area contributed by atoms with Crippen molar-refractivity contribution in [3.8, 4) is 22.9 Å². The zero-order valence-electron chi connectivity index (χ0n) is 18.8. The molecule has 0 N–H and O–H groups in total. The highest BCUT2D eigenvalue weighted by molar-refractivity contribution is 5.97. The maximum atomic E-state index is 12.5. The number of carbonyl (C=O) groups is 2. The summed E-state index contributed by atoms with van der Waals surface area (Å²) in [6.07, 6.45) is 4.51.